The van der Waals surface area contributed by atoms with E-state index in [0.717, 1.165) is 12.8 Å². The zero-order valence-electron chi connectivity index (χ0n) is 14.2. The molecule has 2 aromatic rings. The zero-order valence-corrected chi connectivity index (χ0v) is 14.2. The minimum Gasteiger partial charge on any atom is -0.488 e. The largest absolute Gasteiger partial charge is 0.488 e. The fourth-order valence-corrected chi connectivity index (χ4v) is 2.26. The van der Waals surface area contributed by atoms with Crippen LogP contribution in [0, 0.1) is 6.92 Å². The average Bonchev–Trinajstić information content (AvgIpc) is 3.04. The van der Waals surface area contributed by atoms with Crippen molar-refractivity contribution in [3.8, 4) is 5.75 Å². The van der Waals surface area contributed by atoms with Crippen molar-refractivity contribution in [2.45, 2.75) is 45.3 Å². The van der Waals surface area contributed by atoms with Gasteiger partial charge in [0.2, 0.25) is 0 Å². The fraction of sp³-hybridized carbons (Fsp3) is 0.500. The number of nitrogens with zero attached hydrogens (tertiary/aromatic N) is 1. The number of aromatic amines is 1. The number of ether oxygens (including phenoxy) is 1. The van der Waals surface area contributed by atoms with E-state index in [4.69, 9.17) is 4.74 Å². The highest BCUT2D eigenvalue weighted by atomic mass is 16.5. The molecule has 0 spiro atoms. The maximum absolute atomic E-state index is 10.0. The first-order chi connectivity index (χ1) is 10.9. The van der Waals surface area contributed by atoms with Crippen molar-refractivity contribution in [1.82, 2.24) is 15.5 Å². The summed E-state index contributed by atoms with van der Waals surface area (Å²) in [5.74, 6) is 0.641. The summed E-state index contributed by atoms with van der Waals surface area (Å²) in [4.78, 5) is 0. The molecule has 23 heavy (non-hydrogen) atoms. The van der Waals surface area contributed by atoms with Gasteiger partial charge in [-0.15, -0.1) is 0 Å². The van der Waals surface area contributed by atoms with Crippen molar-refractivity contribution in [2.75, 3.05) is 13.2 Å². The molecule has 5 nitrogen and oxygen atoms in total. The second-order valence-electron chi connectivity index (χ2n) is 6.65. The van der Waals surface area contributed by atoms with E-state index in [2.05, 4.69) is 60.6 Å². The lowest BCUT2D eigenvalue weighted by molar-refractivity contribution is 0.0982. The lowest BCUT2D eigenvalue weighted by Crippen LogP contribution is -2.45. The van der Waals surface area contributed by atoms with Crippen molar-refractivity contribution in [2.24, 2.45) is 0 Å². The second kappa shape index (κ2) is 8.13. The SMILES string of the molecule is Cc1ccc(CCC(C)(C)NCC(O)COc2cn[nH]c2)cc1. The minimum atomic E-state index is -0.552. The van der Waals surface area contributed by atoms with E-state index in [1.807, 2.05) is 0 Å². The van der Waals surface area contributed by atoms with Gasteiger partial charge >= 0.3 is 0 Å². The predicted molar refractivity (Wildman–Crippen MR) is 91.7 cm³/mol. The molecule has 5 heteroatoms. The molecular formula is C18H27N3O2. The van der Waals surface area contributed by atoms with Crippen molar-refractivity contribution in [3.63, 3.8) is 0 Å². The number of H-pyrrole nitrogens is 1. The molecule has 0 saturated heterocycles. The predicted octanol–water partition coefficient (Wildman–Crippen LogP) is 2.46. The van der Waals surface area contributed by atoms with Gasteiger partial charge in [-0.2, -0.15) is 5.10 Å². The molecular weight excluding hydrogens is 290 g/mol. The van der Waals surface area contributed by atoms with E-state index in [1.165, 1.54) is 11.1 Å². The maximum atomic E-state index is 10.0. The Balaban J connectivity index is 1.69. The molecule has 0 fully saturated rings. The van der Waals surface area contributed by atoms with Crippen LogP contribution in [-0.2, 0) is 6.42 Å². The van der Waals surface area contributed by atoms with Gasteiger partial charge in [-0.1, -0.05) is 29.8 Å². The van der Waals surface area contributed by atoms with E-state index >= 15 is 0 Å². The minimum absolute atomic E-state index is 0.0402. The van der Waals surface area contributed by atoms with Gasteiger partial charge in [0, 0.05) is 12.1 Å². The number of benzene rings is 1. The highest BCUT2D eigenvalue weighted by molar-refractivity contribution is 5.21. The summed E-state index contributed by atoms with van der Waals surface area (Å²) in [7, 11) is 0. The molecule has 0 aliphatic rings. The third kappa shape index (κ3) is 6.42. The number of rotatable bonds is 9. The third-order valence-corrected chi connectivity index (χ3v) is 3.89. The van der Waals surface area contributed by atoms with Crippen molar-refractivity contribution < 1.29 is 9.84 Å². The maximum Gasteiger partial charge on any atom is 0.157 e. The van der Waals surface area contributed by atoms with Crippen LogP contribution in [0.25, 0.3) is 0 Å². The smallest absolute Gasteiger partial charge is 0.157 e. The van der Waals surface area contributed by atoms with Gasteiger partial charge in [0.25, 0.3) is 0 Å². The summed E-state index contributed by atoms with van der Waals surface area (Å²) >= 11 is 0. The van der Waals surface area contributed by atoms with Gasteiger partial charge in [0.05, 0.1) is 12.4 Å². The Kier molecular flexibility index (Phi) is 6.19. The first kappa shape index (κ1) is 17.5. The van der Waals surface area contributed by atoms with Crippen LogP contribution in [0.1, 0.15) is 31.4 Å². The van der Waals surface area contributed by atoms with Crippen molar-refractivity contribution >= 4 is 0 Å². The topological polar surface area (TPSA) is 70.2 Å². The number of hydrogen-bond acceptors (Lipinski definition) is 4. The van der Waals surface area contributed by atoms with Gasteiger partial charge < -0.3 is 15.2 Å². The number of aryl methyl sites for hydroxylation is 2. The number of hydrogen-bond donors (Lipinski definition) is 3. The molecule has 1 atom stereocenters. The molecule has 1 aromatic carbocycles. The van der Waals surface area contributed by atoms with Gasteiger partial charge in [-0.3, -0.25) is 5.10 Å². The van der Waals surface area contributed by atoms with Crippen LogP contribution in [0.5, 0.6) is 5.75 Å². The van der Waals surface area contributed by atoms with Crippen LogP contribution in [0.15, 0.2) is 36.7 Å². The zero-order chi connectivity index (χ0) is 16.7. The van der Waals surface area contributed by atoms with Gasteiger partial charge in [-0.05, 0) is 39.2 Å². The molecule has 1 heterocycles. The third-order valence-electron chi connectivity index (χ3n) is 3.89. The van der Waals surface area contributed by atoms with Crippen LogP contribution < -0.4 is 10.1 Å². The molecule has 2 rings (SSSR count). The van der Waals surface area contributed by atoms with E-state index in [9.17, 15) is 5.11 Å². The molecule has 0 aliphatic heterocycles. The van der Waals surface area contributed by atoms with Crippen LogP contribution in [-0.4, -0.2) is 40.1 Å². The van der Waals surface area contributed by atoms with Crippen LogP contribution in [0.2, 0.25) is 0 Å². The first-order valence-corrected chi connectivity index (χ1v) is 8.05. The van der Waals surface area contributed by atoms with E-state index in [-0.39, 0.29) is 12.1 Å². The van der Waals surface area contributed by atoms with E-state index < -0.39 is 6.10 Å². The number of aliphatic hydroxyl groups excluding tert-OH is 1. The van der Waals surface area contributed by atoms with Crippen LogP contribution >= 0.6 is 0 Å². The summed E-state index contributed by atoms with van der Waals surface area (Å²) in [6.07, 6.45) is 4.72. The summed E-state index contributed by atoms with van der Waals surface area (Å²) in [6.45, 7) is 7.16. The molecule has 0 saturated carbocycles. The average molecular weight is 317 g/mol. The number of aliphatic hydroxyl groups is 1. The summed E-state index contributed by atoms with van der Waals surface area (Å²) in [5, 5.41) is 19.9. The molecule has 126 valence electrons. The highest BCUT2D eigenvalue weighted by Gasteiger charge is 2.18. The lowest BCUT2D eigenvalue weighted by Gasteiger charge is -2.28. The number of β-amino-alcohol motifs (C(OH)–C–C–N with tert-alkyl or cyclic N) is 1. The lowest BCUT2D eigenvalue weighted by atomic mass is 9.95. The summed E-state index contributed by atoms with van der Waals surface area (Å²) < 4.78 is 5.43. The molecule has 1 aromatic heterocycles. The number of aromatic nitrogens is 2. The standard InChI is InChI=1S/C18H27N3O2/c1-14-4-6-15(7-5-14)8-9-18(2,3)19-10-16(22)13-23-17-11-20-21-12-17/h4-7,11-12,16,19,22H,8-10,13H2,1-3H3,(H,20,21). The molecule has 3 N–H and O–H groups in total. The Morgan fingerprint density at radius 3 is 2.70 bits per heavy atom. The monoisotopic (exact) mass is 317 g/mol. The van der Waals surface area contributed by atoms with Gasteiger partial charge in [0.15, 0.2) is 5.75 Å². The molecule has 0 radical (unpaired) electrons. The van der Waals surface area contributed by atoms with Gasteiger partial charge in [0.1, 0.15) is 12.7 Å². The quantitative estimate of drug-likeness (QED) is 0.664. The van der Waals surface area contributed by atoms with E-state index in [1.54, 1.807) is 12.4 Å². The van der Waals surface area contributed by atoms with Crippen molar-refractivity contribution in [1.29, 1.82) is 0 Å². The molecule has 0 aliphatic carbocycles. The normalized spacial score (nSPS) is 13.0. The van der Waals surface area contributed by atoms with E-state index in [0.29, 0.717) is 12.3 Å². The van der Waals surface area contributed by atoms with Gasteiger partial charge in [-0.25, -0.2) is 0 Å². The molecule has 1 unspecified atom stereocenters. The summed E-state index contributed by atoms with van der Waals surface area (Å²) in [5.41, 5.74) is 2.59. The number of nitrogens with one attached hydrogen (secondary N) is 2. The Bertz CT molecular complexity index is 564. The molecule has 0 amide bonds. The Labute approximate surface area is 138 Å². The van der Waals surface area contributed by atoms with Crippen LogP contribution in [0.3, 0.4) is 0 Å². The fourth-order valence-electron chi connectivity index (χ4n) is 2.26. The van der Waals surface area contributed by atoms with Crippen molar-refractivity contribution in [3.05, 3.63) is 47.8 Å². The summed E-state index contributed by atoms with van der Waals surface area (Å²) in [6, 6.07) is 8.65. The van der Waals surface area contributed by atoms with Crippen LogP contribution in [0.4, 0.5) is 0 Å². The Hall–Kier alpha value is -1.85. The first-order valence-electron chi connectivity index (χ1n) is 8.05. The highest BCUT2D eigenvalue weighted by Crippen LogP contribution is 2.14. The Morgan fingerprint density at radius 2 is 2.04 bits per heavy atom. The Morgan fingerprint density at radius 1 is 1.30 bits per heavy atom. The second-order valence-corrected chi connectivity index (χ2v) is 6.65. The molecule has 0 bridgehead atoms.